The predicted molar refractivity (Wildman–Crippen MR) is 65.8 cm³/mol. The zero-order chi connectivity index (χ0) is 11.1. The van der Waals surface area contributed by atoms with Crippen LogP contribution >= 0.6 is 0 Å². The van der Waals surface area contributed by atoms with Gasteiger partial charge < -0.3 is 10.2 Å². The second-order valence-corrected chi connectivity index (χ2v) is 4.65. The van der Waals surface area contributed by atoms with Crippen molar-refractivity contribution >= 4 is 0 Å². The lowest BCUT2D eigenvalue weighted by Gasteiger charge is -2.21. The van der Waals surface area contributed by atoms with Crippen molar-refractivity contribution in [2.45, 2.75) is 39.2 Å². The fourth-order valence-electron chi connectivity index (χ4n) is 2.14. The summed E-state index contributed by atoms with van der Waals surface area (Å²) >= 11 is 0. The average molecular weight is 208 g/mol. The third-order valence-corrected chi connectivity index (χ3v) is 3.09. The summed E-state index contributed by atoms with van der Waals surface area (Å²) in [6, 6.07) is 0.256. The van der Waals surface area contributed by atoms with Crippen LogP contribution in [0.2, 0.25) is 0 Å². The Morgan fingerprint density at radius 3 is 2.60 bits per heavy atom. The summed E-state index contributed by atoms with van der Waals surface area (Å²) in [6.45, 7) is 9.26. The lowest BCUT2D eigenvalue weighted by molar-refractivity contribution is 0.280. The molecule has 0 aliphatic carbocycles. The molecule has 0 saturated carbocycles. The molecule has 1 aliphatic rings. The standard InChI is InChI=1S/C13H24N2/c1-4-13(5-2)14-10-12(3)11-15-8-6-7-9-15/h1,12-14H,5-11H2,2-3H3. The Hall–Kier alpha value is -0.520. The molecular formula is C13H24N2. The van der Waals surface area contributed by atoms with Crippen molar-refractivity contribution in [1.29, 1.82) is 0 Å². The normalized spacial score (nSPS) is 21.1. The molecule has 15 heavy (non-hydrogen) atoms. The number of terminal acetylenes is 1. The Morgan fingerprint density at radius 1 is 1.40 bits per heavy atom. The van der Waals surface area contributed by atoms with Gasteiger partial charge in [-0.1, -0.05) is 19.8 Å². The van der Waals surface area contributed by atoms with Gasteiger partial charge in [0.2, 0.25) is 0 Å². The largest absolute Gasteiger partial charge is 0.303 e. The summed E-state index contributed by atoms with van der Waals surface area (Å²) in [4.78, 5) is 2.56. The highest BCUT2D eigenvalue weighted by molar-refractivity contribution is 4.97. The van der Waals surface area contributed by atoms with Crippen molar-refractivity contribution in [3.63, 3.8) is 0 Å². The highest BCUT2D eigenvalue weighted by atomic mass is 15.1. The van der Waals surface area contributed by atoms with Gasteiger partial charge in [-0.15, -0.1) is 6.42 Å². The maximum atomic E-state index is 5.41. The van der Waals surface area contributed by atoms with Gasteiger partial charge in [0, 0.05) is 13.1 Å². The van der Waals surface area contributed by atoms with Crippen LogP contribution in [0, 0.1) is 18.3 Å². The van der Waals surface area contributed by atoms with Crippen LogP contribution < -0.4 is 5.32 Å². The molecule has 1 aliphatic heterocycles. The molecule has 2 atom stereocenters. The Kier molecular flexibility index (Phi) is 5.75. The molecule has 1 heterocycles. The van der Waals surface area contributed by atoms with Crippen molar-refractivity contribution < 1.29 is 0 Å². The number of likely N-dealkylation sites (tertiary alicyclic amines) is 1. The molecule has 1 fully saturated rings. The molecule has 0 amide bonds. The smallest absolute Gasteiger partial charge is 0.0684 e. The summed E-state index contributed by atoms with van der Waals surface area (Å²) in [6.07, 6.45) is 9.19. The number of nitrogens with zero attached hydrogens (tertiary/aromatic N) is 1. The van der Waals surface area contributed by atoms with Crippen LogP contribution in [0.3, 0.4) is 0 Å². The zero-order valence-electron chi connectivity index (χ0n) is 10.1. The van der Waals surface area contributed by atoms with Gasteiger partial charge in [-0.05, 0) is 38.3 Å². The van der Waals surface area contributed by atoms with Gasteiger partial charge in [-0.3, -0.25) is 0 Å². The van der Waals surface area contributed by atoms with E-state index < -0.39 is 0 Å². The molecule has 2 heteroatoms. The summed E-state index contributed by atoms with van der Waals surface area (Å²) in [5, 5.41) is 3.43. The molecule has 86 valence electrons. The first-order chi connectivity index (χ1) is 7.26. The maximum absolute atomic E-state index is 5.41. The van der Waals surface area contributed by atoms with E-state index in [-0.39, 0.29) is 6.04 Å². The second kappa shape index (κ2) is 6.87. The van der Waals surface area contributed by atoms with Crippen molar-refractivity contribution in [3.8, 4) is 12.3 Å². The van der Waals surface area contributed by atoms with E-state index in [4.69, 9.17) is 6.42 Å². The van der Waals surface area contributed by atoms with Crippen LogP contribution in [0.1, 0.15) is 33.1 Å². The van der Waals surface area contributed by atoms with Crippen molar-refractivity contribution in [3.05, 3.63) is 0 Å². The lowest BCUT2D eigenvalue weighted by Crippen LogP contribution is -2.35. The number of rotatable bonds is 6. The van der Waals surface area contributed by atoms with Crippen LogP contribution in [0.15, 0.2) is 0 Å². The summed E-state index contributed by atoms with van der Waals surface area (Å²) in [7, 11) is 0. The van der Waals surface area contributed by atoms with Gasteiger partial charge in [0.25, 0.3) is 0 Å². The van der Waals surface area contributed by atoms with E-state index in [1.807, 2.05) is 0 Å². The first-order valence-corrected chi connectivity index (χ1v) is 6.18. The van der Waals surface area contributed by atoms with Crippen molar-refractivity contribution in [2.24, 2.45) is 5.92 Å². The molecule has 0 bridgehead atoms. The number of hydrogen-bond acceptors (Lipinski definition) is 2. The predicted octanol–water partition coefficient (Wildman–Crippen LogP) is 1.72. The summed E-state index contributed by atoms with van der Waals surface area (Å²) in [5.41, 5.74) is 0. The molecule has 1 saturated heterocycles. The summed E-state index contributed by atoms with van der Waals surface area (Å²) < 4.78 is 0. The highest BCUT2D eigenvalue weighted by Gasteiger charge is 2.14. The molecule has 1 N–H and O–H groups in total. The first kappa shape index (κ1) is 12.5. The van der Waals surface area contributed by atoms with Gasteiger partial charge >= 0.3 is 0 Å². The zero-order valence-corrected chi connectivity index (χ0v) is 10.1. The van der Waals surface area contributed by atoms with Gasteiger partial charge in [0.1, 0.15) is 0 Å². The fourth-order valence-corrected chi connectivity index (χ4v) is 2.14. The molecule has 0 aromatic rings. The summed E-state index contributed by atoms with van der Waals surface area (Å²) in [5.74, 6) is 3.48. The van der Waals surface area contributed by atoms with E-state index in [0.29, 0.717) is 5.92 Å². The molecule has 1 rings (SSSR count). The van der Waals surface area contributed by atoms with E-state index in [2.05, 4.69) is 30.0 Å². The molecule has 2 unspecified atom stereocenters. The Labute approximate surface area is 94.4 Å². The minimum atomic E-state index is 0.256. The minimum Gasteiger partial charge on any atom is -0.303 e. The van der Waals surface area contributed by atoms with Crippen molar-refractivity contribution in [1.82, 2.24) is 10.2 Å². The first-order valence-electron chi connectivity index (χ1n) is 6.18. The molecule has 0 aromatic carbocycles. The van der Waals surface area contributed by atoms with Crippen LogP contribution in [0.4, 0.5) is 0 Å². The van der Waals surface area contributed by atoms with Gasteiger partial charge in [0.15, 0.2) is 0 Å². The van der Waals surface area contributed by atoms with Crippen LogP contribution in [0.5, 0.6) is 0 Å². The SMILES string of the molecule is C#CC(CC)NCC(C)CN1CCCC1. The maximum Gasteiger partial charge on any atom is 0.0684 e. The van der Waals surface area contributed by atoms with E-state index >= 15 is 0 Å². The third kappa shape index (κ3) is 4.68. The monoisotopic (exact) mass is 208 g/mol. The molecule has 2 nitrogen and oxygen atoms in total. The van der Waals surface area contributed by atoms with E-state index in [1.165, 1.54) is 32.5 Å². The van der Waals surface area contributed by atoms with Crippen LogP contribution in [-0.2, 0) is 0 Å². The Balaban J connectivity index is 2.12. The van der Waals surface area contributed by atoms with Gasteiger partial charge in [-0.25, -0.2) is 0 Å². The molecular weight excluding hydrogens is 184 g/mol. The molecule has 0 spiro atoms. The average Bonchev–Trinajstić information content (AvgIpc) is 2.72. The minimum absolute atomic E-state index is 0.256. The van der Waals surface area contributed by atoms with Crippen LogP contribution in [0.25, 0.3) is 0 Å². The lowest BCUT2D eigenvalue weighted by atomic mass is 10.1. The number of hydrogen-bond donors (Lipinski definition) is 1. The Morgan fingerprint density at radius 2 is 2.07 bits per heavy atom. The molecule has 0 aromatic heterocycles. The van der Waals surface area contributed by atoms with Gasteiger partial charge in [0.05, 0.1) is 6.04 Å². The quantitative estimate of drug-likeness (QED) is 0.669. The van der Waals surface area contributed by atoms with E-state index in [9.17, 15) is 0 Å². The molecule has 0 radical (unpaired) electrons. The van der Waals surface area contributed by atoms with Crippen LogP contribution in [-0.4, -0.2) is 37.1 Å². The second-order valence-electron chi connectivity index (χ2n) is 4.65. The fraction of sp³-hybridized carbons (Fsp3) is 0.846. The van der Waals surface area contributed by atoms with E-state index in [0.717, 1.165) is 13.0 Å². The van der Waals surface area contributed by atoms with Gasteiger partial charge in [-0.2, -0.15) is 0 Å². The highest BCUT2D eigenvalue weighted by Crippen LogP contribution is 2.09. The number of nitrogens with one attached hydrogen (secondary N) is 1. The Bertz CT molecular complexity index is 201. The topological polar surface area (TPSA) is 15.3 Å². The third-order valence-electron chi connectivity index (χ3n) is 3.09. The van der Waals surface area contributed by atoms with E-state index in [1.54, 1.807) is 0 Å². The van der Waals surface area contributed by atoms with Crippen molar-refractivity contribution in [2.75, 3.05) is 26.2 Å².